The number of nitrogens with one attached hydrogen (secondary N) is 1. The summed E-state index contributed by atoms with van der Waals surface area (Å²) in [7, 11) is 0. The molecule has 1 unspecified atom stereocenters. The van der Waals surface area contributed by atoms with Gasteiger partial charge in [0.1, 0.15) is 0 Å². The van der Waals surface area contributed by atoms with Crippen LogP contribution in [-0.4, -0.2) is 28.6 Å². The zero-order valence-corrected chi connectivity index (χ0v) is 9.52. The topological polar surface area (TPSA) is 62.2 Å². The average molecular weight is 222 g/mol. The van der Waals surface area contributed by atoms with Crippen LogP contribution in [-0.2, 0) is 11.2 Å². The van der Waals surface area contributed by atoms with Crippen LogP contribution in [0.3, 0.4) is 0 Å². The van der Waals surface area contributed by atoms with Crippen LogP contribution >= 0.6 is 0 Å². The summed E-state index contributed by atoms with van der Waals surface area (Å²) in [5.74, 6) is -0.00144. The molecule has 4 nitrogen and oxygen atoms in total. The van der Waals surface area contributed by atoms with E-state index in [0.717, 1.165) is 12.0 Å². The number of hydrogen-bond donors (Lipinski definition) is 2. The molecule has 2 N–H and O–H groups in total. The molecule has 0 radical (unpaired) electrons. The molecule has 0 aromatic carbocycles. The lowest BCUT2D eigenvalue weighted by Crippen LogP contribution is -2.33. The first-order valence-electron chi connectivity index (χ1n) is 5.51. The normalized spacial score (nSPS) is 12.1. The van der Waals surface area contributed by atoms with Crippen LogP contribution in [0.2, 0.25) is 0 Å². The second kappa shape index (κ2) is 6.95. The first-order valence-corrected chi connectivity index (χ1v) is 5.51. The summed E-state index contributed by atoms with van der Waals surface area (Å²) in [4.78, 5) is 15.5. The van der Waals surface area contributed by atoms with Crippen LogP contribution in [0.4, 0.5) is 0 Å². The molecule has 1 heterocycles. The van der Waals surface area contributed by atoms with E-state index in [1.807, 2.05) is 19.1 Å². The third kappa shape index (κ3) is 4.89. The molecule has 0 aliphatic carbocycles. The van der Waals surface area contributed by atoms with Gasteiger partial charge in [0.05, 0.1) is 6.42 Å². The molecule has 1 atom stereocenters. The largest absolute Gasteiger partial charge is 0.396 e. The fourth-order valence-corrected chi connectivity index (χ4v) is 1.48. The summed E-state index contributed by atoms with van der Waals surface area (Å²) in [5.41, 5.74) is 0.911. The Labute approximate surface area is 95.7 Å². The molecular weight excluding hydrogens is 204 g/mol. The van der Waals surface area contributed by atoms with Crippen molar-refractivity contribution in [1.82, 2.24) is 10.3 Å². The Bertz CT molecular complexity index is 314. The molecule has 0 fully saturated rings. The highest BCUT2D eigenvalue weighted by Crippen LogP contribution is 1.99. The van der Waals surface area contributed by atoms with Crippen molar-refractivity contribution in [3.05, 3.63) is 30.1 Å². The summed E-state index contributed by atoms with van der Waals surface area (Å²) in [5, 5.41) is 11.5. The van der Waals surface area contributed by atoms with Crippen molar-refractivity contribution in [3.63, 3.8) is 0 Å². The summed E-state index contributed by atoms with van der Waals surface area (Å²) in [6.07, 6.45) is 5.25. The van der Waals surface area contributed by atoms with Gasteiger partial charge in [0.25, 0.3) is 0 Å². The van der Waals surface area contributed by atoms with Crippen LogP contribution < -0.4 is 5.32 Å². The number of nitrogens with zero attached hydrogens (tertiary/aromatic N) is 1. The van der Waals surface area contributed by atoms with Crippen LogP contribution in [0, 0.1) is 0 Å². The number of aliphatic hydroxyl groups is 1. The second-order valence-electron chi connectivity index (χ2n) is 3.87. The predicted octanol–water partition coefficient (Wildman–Crippen LogP) is 0.901. The van der Waals surface area contributed by atoms with Crippen molar-refractivity contribution < 1.29 is 9.90 Å². The second-order valence-corrected chi connectivity index (χ2v) is 3.87. The molecule has 0 saturated heterocycles. The van der Waals surface area contributed by atoms with E-state index in [1.165, 1.54) is 0 Å². The van der Waals surface area contributed by atoms with Crippen LogP contribution in [0.15, 0.2) is 24.5 Å². The number of pyridine rings is 1. The molecule has 0 bridgehead atoms. The minimum atomic E-state index is -0.00144. The van der Waals surface area contributed by atoms with E-state index in [-0.39, 0.29) is 18.6 Å². The maximum atomic E-state index is 11.6. The fraction of sp³-hybridized carbons (Fsp3) is 0.500. The third-order valence-corrected chi connectivity index (χ3v) is 2.29. The molecule has 16 heavy (non-hydrogen) atoms. The Morgan fingerprint density at radius 1 is 1.62 bits per heavy atom. The SMILES string of the molecule is CC(CCCO)NC(=O)Cc1cccnc1. The van der Waals surface area contributed by atoms with E-state index in [0.29, 0.717) is 12.8 Å². The lowest BCUT2D eigenvalue weighted by molar-refractivity contribution is -0.121. The smallest absolute Gasteiger partial charge is 0.224 e. The minimum Gasteiger partial charge on any atom is -0.396 e. The van der Waals surface area contributed by atoms with Crippen molar-refractivity contribution in [1.29, 1.82) is 0 Å². The molecule has 1 rings (SSSR count). The van der Waals surface area contributed by atoms with E-state index >= 15 is 0 Å². The highest BCUT2D eigenvalue weighted by atomic mass is 16.2. The van der Waals surface area contributed by atoms with Crippen LogP contribution in [0.5, 0.6) is 0 Å². The van der Waals surface area contributed by atoms with Gasteiger partial charge in [-0.3, -0.25) is 9.78 Å². The van der Waals surface area contributed by atoms with E-state index in [2.05, 4.69) is 10.3 Å². The predicted molar refractivity (Wildman–Crippen MR) is 61.9 cm³/mol. The minimum absolute atomic E-state index is 0.00144. The lowest BCUT2D eigenvalue weighted by Gasteiger charge is -2.12. The van der Waals surface area contributed by atoms with Gasteiger partial charge >= 0.3 is 0 Å². The van der Waals surface area contributed by atoms with Crippen molar-refractivity contribution >= 4 is 5.91 Å². The van der Waals surface area contributed by atoms with Crippen LogP contribution in [0.25, 0.3) is 0 Å². The highest BCUT2D eigenvalue weighted by Gasteiger charge is 2.07. The summed E-state index contributed by atoms with van der Waals surface area (Å²) in [6, 6.07) is 3.80. The van der Waals surface area contributed by atoms with Crippen molar-refractivity contribution in [2.75, 3.05) is 6.61 Å². The monoisotopic (exact) mass is 222 g/mol. The summed E-state index contributed by atoms with van der Waals surface area (Å²) < 4.78 is 0. The number of carbonyl (C=O) groups is 1. The third-order valence-electron chi connectivity index (χ3n) is 2.29. The van der Waals surface area contributed by atoms with Gasteiger partial charge in [-0.1, -0.05) is 6.07 Å². The molecule has 1 aromatic heterocycles. The van der Waals surface area contributed by atoms with Gasteiger partial charge in [0.2, 0.25) is 5.91 Å². The van der Waals surface area contributed by atoms with E-state index in [9.17, 15) is 4.79 Å². The lowest BCUT2D eigenvalue weighted by atomic mass is 10.1. The molecule has 0 spiro atoms. The molecule has 0 aliphatic heterocycles. The number of carbonyl (C=O) groups excluding carboxylic acids is 1. The van der Waals surface area contributed by atoms with Gasteiger partial charge in [-0.05, 0) is 31.4 Å². The number of amides is 1. The van der Waals surface area contributed by atoms with Gasteiger partial charge in [0, 0.05) is 25.0 Å². The Morgan fingerprint density at radius 3 is 3.06 bits per heavy atom. The van der Waals surface area contributed by atoms with Gasteiger partial charge in [-0.15, -0.1) is 0 Å². The highest BCUT2D eigenvalue weighted by molar-refractivity contribution is 5.78. The molecule has 88 valence electrons. The van der Waals surface area contributed by atoms with E-state index in [1.54, 1.807) is 12.4 Å². The zero-order chi connectivity index (χ0) is 11.8. The Hall–Kier alpha value is -1.42. The Morgan fingerprint density at radius 2 is 2.44 bits per heavy atom. The van der Waals surface area contributed by atoms with Crippen molar-refractivity contribution in [2.24, 2.45) is 0 Å². The average Bonchev–Trinajstić information content (AvgIpc) is 2.27. The maximum Gasteiger partial charge on any atom is 0.224 e. The Kier molecular flexibility index (Phi) is 5.50. The molecule has 0 aliphatic rings. The molecule has 1 amide bonds. The van der Waals surface area contributed by atoms with Crippen molar-refractivity contribution in [3.8, 4) is 0 Å². The first kappa shape index (κ1) is 12.6. The molecule has 4 heteroatoms. The number of aromatic nitrogens is 1. The first-order chi connectivity index (χ1) is 7.72. The quantitative estimate of drug-likeness (QED) is 0.751. The van der Waals surface area contributed by atoms with Gasteiger partial charge in [-0.2, -0.15) is 0 Å². The standard InChI is InChI=1S/C12H18N2O2/c1-10(4-3-7-15)14-12(16)8-11-5-2-6-13-9-11/h2,5-6,9-10,15H,3-4,7-8H2,1H3,(H,14,16). The van der Waals surface area contributed by atoms with E-state index < -0.39 is 0 Å². The number of aliphatic hydroxyl groups excluding tert-OH is 1. The molecule has 1 aromatic rings. The summed E-state index contributed by atoms with van der Waals surface area (Å²) in [6.45, 7) is 2.11. The van der Waals surface area contributed by atoms with Crippen molar-refractivity contribution in [2.45, 2.75) is 32.2 Å². The maximum absolute atomic E-state index is 11.6. The van der Waals surface area contributed by atoms with Gasteiger partial charge in [0.15, 0.2) is 0 Å². The fourth-order valence-electron chi connectivity index (χ4n) is 1.48. The summed E-state index contributed by atoms with van der Waals surface area (Å²) >= 11 is 0. The number of hydrogen-bond acceptors (Lipinski definition) is 3. The van der Waals surface area contributed by atoms with Gasteiger partial charge in [-0.25, -0.2) is 0 Å². The van der Waals surface area contributed by atoms with E-state index in [4.69, 9.17) is 5.11 Å². The molecule has 0 saturated carbocycles. The van der Waals surface area contributed by atoms with Gasteiger partial charge < -0.3 is 10.4 Å². The Balaban J connectivity index is 2.31. The number of rotatable bonds is 6. The van der Waals surface area contributed by atoms with Crippen LogP contribution in [0.1, 0.15) is 25.3 Å². The zero-order valence-electron chi connectivity index (χ0n) is 9.52. The molecular formula is C12H18N2O2.